The average Bonchev–Trinajstić information content (AvgIpc) is 3.24. The van der Waals surface area contributed by atoms with Crippen molar-refractivity contribution in [3.05, 3.63) is 59.9 Å². The first-order chi connectivity index (χ1) is 18.9. The van der Waals surface area contributed by atoms with Crippen LogP contribution in [-0.4, -0.2) is 67.7 Å². The summed E-state index contributed by atoms with van der Waals surface area (Å²) < 4.78 is 5.83. The highest BCUT2D eigenvalue weighted by atomic mass is 35.5. The third kappa shape index (κ3) is 5.12. The highest BCUT2D eigenvalue weighted by Gasteiger charge is 2.47. The van der Waals surface area contributed by atoms with Crippen molar-refractivity contribution in [3.8, 4) is 0 Å². The summed E-state index contributed by atoms with van der Waals surface area (Å²) >= 11 is 7.95. The van der Waals surface area contributed by atoms with Crippen LogP contribution >= 0.6 is 23.4 Å². The van der Waals surface area contributed by atoms with Crippen LogP contribution in [0, 0.1) is 5.41 Å². The zero-order chi connectivity index (χ0) is 27.0. The molecule has 5 heterocycles. The second kappa shape index (κ2) is 10.6. The first kappa shape index (κ1) is 25.8. The third-order valence-electron chi connectivity index (χ3n) is 7.38. The molecule has 0 saturated carbocycles. The number of piperidine rings is 1. The van der Waals surface area contributed by atoms with Gasteiger partial charge in [-0.05, 0) is 31.9 Å². The van der Waals surface area contributed by atoms with E-state index in [0.717, 1.165) is 25.9 Å². The number of halogens is 1. The number of nitrogens with two attached hydrogens (primary N) is 1. The molecule has 13 heteroatoms. The Morgan fingerprint density at radius 1 is 1.15 bits per heavy atom. The van der Waals surface area contributed by atoms with E-state index in [1.807, 2.05) is 13.0 Å². The number of benzene rings is 1. The number of aromatic nitrogens is 6. The fourth-order valence-electron chi connectivity index (χ4n) is 5.02. The molecule has 2 aliphatic heterocycles. The van der Waals surface area contributed by atoms with Gasteiger partial charge in [-0.15, -0.1) is 0 Å². The molecule has 1 aromatic carbocycles. The van der Waals surface area contributed by atoms with Gasteiger partial charge in [0.2, 0.25) is 5.95 Å². The monoisotopic (exact) mass is 563 g/mol. The summed E-state index contributed by atoms with van der Waals surface area (Å²) in [6, 6.07) is 5.43. The van der Waals surface area contributed by atoms with Crippen molar-refractivity contribution in [2.45, 2.75) is 41.8 Å². The number of amides is 1. The van der Waals surface area contributed by atoms with Gasteiger partial charge >= 0.3 is 0 Å². The van der Waals surface area contributed by atoms with Crippen LogP contribution < -0.4 is 16.0 Å². The number of hydrogen-bond donors (Lipinski definition) is 2. The first-order valence-electron chi connectivity index (χ1n) is 12.6. The number of nitrogens with zero attached hydrogens (tertiary/aromatic N) is 7. The summed E-state index contributed by atoms with van der Waals surface area (Å²) in [6.07, 6.45) is 9.69. The van der Waals surface area contributed by atoms with Gasteiger partial charge in [-0.3, -0.25) is 9.78 Å². The molecule has 1 spiro atoms. The third-order valence-corrected chi connectivity index (χ3v) is 8.86. The minimum absolute atomic E-state index is 0.0374. The van der Waals surface area contributed by atoms with Crippen LogP contribution in [0.5, 0.6) is 0 Å². The van der Waals surface area contributed by atoms with E-state index < -0.39 is 5.91 Å². The predicted octanol–water partition coefficient (Wildman–Crippen LogP) is 3.60. The molecular weight excluding hydrogens is 538 g/mol. The Balaban J connectivity index is 1.15. The molecule has 0 unspecified atom stereocenters. The number of rotatable bonds is 5. The van der Waals surface area contributed by atoms with E-state index in [2.05, 4.69) is 40.1 Å². The van der Waals surface area contributed by atoms with E-state index in [1.165, 1.54) is 30.4 Å². The minimum Gasteiger partial charge on any atom is -0.376 e. The smallest absolute Gasteiger partial charge is 0.275 e. The van der Waals surface area contributed by atoms with Gasteiger partial charge in [-0.1, -0.05) is 29.4 Å². The van der Waals surface area contributed by atoms with Gasteiger partial charge in [0.25, 0.3) is 5.91 Å². The molecule has 0 bridgehead atoms. The van der Waals surface area contributed by atoms with E-state index in [4.69, 9.17) is 22.1 Å². The van der Waals surface area contributed by atoms with E-state index in [1.54, 1.807) is 24.5 Å². The molecule has 2 aliphatic rings. The largest absolute Gasteiger partial charge is 0.376 e. The topological polar surface area (TPSA) is 145 Å². The molecule has 3 aromatic heterocycles. The number of anilines is 2. The summed E-state index contributed by atoms with van der Waals surface area (Å²) in [6.45, 7) is 4.40. The maximum atomic E-state index is 12.5. The fraction of sp³-hybridized carbons (Fsp3) is 0.346. The molecule has 2 atom stereocenters. The molecule has 11 nitrogen and oxygen atoms in total. The lowest BCUT2D eigenvalue weighted by molar-refractivity contribution is 0.0973. The Kier molecular flexibility index (Phi) is 7.02. The molecular formula is C26H26ClN9O2S. The van der Waals surface area contributed by atoms with E-state index in [-0.39, 0.29) is 23.3 Å². The number of carbonyl (C=O) groups excluding carboxylic acids is 1. The van der Waals surface area contributed by atoms with Crippen LogP contribution in [0.4, 0.5) is 11.6 Å². The Bertz CT molecular complexity index is 1520. The molecule has 3 N–H and O–H groups in total. The summed E-state index contributed by atoms with van der Waals surface area (Å²) in [5.41, 5.74) is 8.25. The molecule has 39 heavy (non-hydrogen) atoms. The number of fused-ring (bicyclic) bond motifs is 1. The summed E-state index contributed by atoms with van der Waals surface area (Å²) in [7, 11) is 0. The fourth-order valence-corrected chi connectivity index (χ4v) is 6.13. The Labute approximate surface area is 234 Å². The maximum Gasteiger partial charge on any atom is 0.275 e. The van der Waals surface area contributed by atoms with Crippen molar-refractivity contribution in [2.24, 2.45) is 11.1 Å². The minimum atomic E-state index is -0.400. The highest BCUT2D eigenvalue weighted by Crippen LogP contribution is 2.42. The molecule has 2 saturated heterocycles. The van der Waals surface area contributed by atoms with Crippen LogP contribution in [0.3, 0.4) is 0 Å². The van der Waals surface area contributed by atoms with E-state index in [0.29, 0.717) is 44.4 Å². The van der Waals surface area contributed by atoms with Crippen molar-refractivity contribution >= 4 is 52.1 Å². The van der Waals surface area contributed by atoms with Gasteiger partial charge in [0.15, 0.2) is 5.65 Å². The second-order valence-electron chi connectivity index (χ2n) is 9.74. The number of nitrogens with one attached hydrogen (secondary N) is 1. The predicted molar refractivity (Wildman–Crippen MR) is 148 cm³/mol. The van der Waals surface area contributed by atoms with Crippen molar-refractivity contribution in [2.75, 3.05) is 29.9 Å². The summed E-state index contributed by atoms with van der Waals surface area (Å²) in [5, 5.41) is 3.79. The lowest BCUT2D eigenvalue weighted by Gasteiger charge is -2.41. The summed E-state index contributed by atoms with van der Waals surface area (Å²) in [4.78, 5) is 41.8. The number of carbonyl (C=O) groups is 1. The molecule has 2 fully saturated rings. The molecule has 6 rings (SSSR count). The maximum absolute atomic E-state index is 12.5. The number of ether oxygens (including phenoxy) is 1. The lowest BCUT2D eigenvalue weighted by Crippen LogP contribution is -2.50. The molecule has 0 aliphatic carbocycles. The molecule has 0 radical (unpaired) electrons. The van der Waals surface area contributed by atoms with Gasteiger partial charge in [-0.25, -0.2) is 19.9 Å². The average molecular weight is 564 g/mol. The first-order valence-corrected chi connectivity index (χ1v) is 13.8. The SMILES string of the molecule is C[C@@H]1OCC2(CCN(c3ncc4nc(Sc5cccc(NC(=O)c6cnccn6)c5Cl)cnc4n3)CC2)[C@@H]1N. The van der Waals surface area contributed by atoms with Crippen LogP contribution in [0.1, 0.15) is 30.3 Å². The van der Waals surface area contributed by atoms with Gasteiger partial charge in [0, 0.05) is 41.8 Å². The Morgan fingerprint density at radius 3 is 2.74 bits per heavy atom. The van der Waals surface area contributed by atoms with Gasteiger partial charge < -0.3 is 20.7 Å². The normalized spacial score (nSPS) is 20.4. The second-order valence-corrected chi connectivity index (χ2v) is 11.2. The summed E-state index contributed by atoms with van der Waals surface area (Å²) in [5.74, 6) is 0.241. The van der Waals surface area contributed by atoms with Crippen LogP contribution in [-0.2, 0) is 4.74 Å². The van der Waals surface area contributed by atoms with E-state index in [9.17, 15) is 4.79 Å². The standard InChI is InChI=1S/C26H26ClN9O2S/c1-15-22(28)26(14-38-15)5-9-36(10-6-26)25-32-12-17-23(35-25)31-13-20(33-17)39-19-4-2-3-16(21(19)27)34-24(37)18-11-29-7-8-30-18/h2-4,7-8,11-13,15,22H,5-6,9-10,14,28H2,1H3,(H,34,37)/t15-,22+/m0/s1. The lowest BCUT2D eigenvalue weighted by atomic mass is 9.73. The van der Waals surface area contributed by atoms with Crippen LogP contribution in [0.15, 0.2) is 59.1 Å². The van der Waals surface area contributed by atoms with Gasteiger partial charge in [-0.2, -0.15) is 4.98 Å². The molecule has 1 amide bonds. The van der Waals surface area contributed by atoms with Crippen molar-refractivity contribution in [3.63, 3.8) is 0 Å². The van der Waals surface area contributed by atoms with Crippen LogP contribution in [0.25, 0.3) is 11.2 Å². The van der Waals surface area contributed by atoms with E-state index >= 15 is 0 Å². The van der Waals surface area contributed by atoms with Crippen molar-refractivity contribution < 1.29 is 9.53 Å². The highest BCUT2D eigenvalue weighted by molar-refractivity contribution is 7.99. The zero-order valence-electron chi connectivity index (χ0n) is 21.1. The molecule has 200 valence electrons. The zero-order valence-corrected chi connectivity index (χ0v) is 22.7. The van der Waals surface area contributed by atoms with Crippen molar-refractivity contribution in [1.82, 2.24) is 29.9 Å². The van der Waals surface area contributed by atoms with Crippen molar-refractivity contribution in [1.29, 1.82) is 0 Å². The van der Waals surface area contributed by atoms with Gasteiger partial charge in [0.05, 0.1) is 42.0 Å². The van der Waals surface area contributed by atoms with Gasteiger partial charge in [0.1, 0.15) is 16.2 Å². The molecule has 4 aromatic rings. The van der Waals surface area contributed by atoms with Crippen LogP contribution in [0.2, 0.25) is 5.02 Å². The Morgan fingerprint density at radius 2 is 2.00 bits per heavy atom. The number of hydrogen-bond acceptors (Lipinski definition) is 11. The Hall–Kier alpha value is -3.45. The quantitative estimate of drug-likeness (QED) is 0.367.